The summed E-state index contributed by atoms with van der Waals surface area (Å²) in [7, 11) is 0. The number of hydrogen-bond acceptors (Lipinski definition) is 2. The molecule has 126 valence electrons. The number of piperidine rings is 3. The van der Waals surface area contributed by atoms with Gasteiger partial charge in [0.25, 0.3) is 0 Å². The first-order chi connectivity index (χ1) is 11.7. The fourth-order valence-corrected chi connectivity index (χ4v) is 4.70. The highest BCUT2D eigenvalue weighted by Gasteiger charge is 2.42. The van der Waals surface area contributed by atoms with Gasteiger partial charge in [-0.15, -0.1) is 0 Å². The molecule has 2 nitrogen and oxygen atoms in total. The van der Waals surface area contributed by atoms with E-state index in [9.17, 15) is 0 Å². The van der Waals surface area contributed by atoms with Crippen LogP contribution < -0.4 is 5.32 Å². The van der Waals surface area contributed by atoms with Crippen LogP contribution in [-0.4, -0.2) is 24.0 Å². The fourth-order valence-electron chi connectivity index (χ4n) is 4.30. The Balaban J connectivity index is 1.58. The van der Waals surface area contributed by atoms with Crippen molar-refractivity contribution >= 4 is 23.2 Å². The van der Waals surface area contributed by atoms with Crippen LogP contribution in [0.1, 0.15) is 30.0 Å². The summed E-state index contributed by atoms with van der Waals surface area (Å²) in [4.78, 5) is 2.61. The molecule has 2 unspecified atom stereocenters. The molecule has 4 heteroatoms. The molecule has 2 aromatic carbocycles. The van der Waals surface area contributed by atoms with E-state index in [-0.39, 0.29) is 0 Å². The Kier molecular flexibility index (Phi) is 4.82. The molecule has 0 aromatic heterocycles. The minimum atomic E-state index is 0.402. The average molecular weight is 361 g/mol. The molecule has 0 radical (unpaired) electrons. The second-order valence-corrected chi connectivity index (χ2v) is 7.71. The van der Waals surface area contributed by atoms with Crippen LogP contribution in [0.15, 0.2) is 48.5 Å². The van der Waals surface area contributed by atoms with Crippen molar-refractivity contribution in [2.75, 3.05) is 13.1 Å². The minimum Gasteiger partial charge on any atom is -0.308 e. The second-order valence-electron chi connectivity index (χ2n) is 6.87. The van der Waals surface area contributed by atoms with E-state index in [1.54, 1.807) is 0 Å². The Morgan fingerprint density at radius 2 is 1.79 bits per heavy atom. The van der Waals surface area contributed by atoms with Crippen molar-refractivity contribution in [2.24, 2.45) is 5.92 Å². The summed E-state index contributed by atoms with van der Waals surface area (Å²) in [6.07, 6.45) is 2.55. The van der Waals surface area contributed by atoms with Gasteiger partial charge in [-0.3, -0.25) is 4.90 Å². The lowest BCUT2D eigenvalue weighted by Crippen LogP contribution is -2.57. The summed E-state index contributed by atoms with van der Waals surface area (Å²) in [6.45, 7) is 3.18. The molecule has 3 fully saturated rings. The van der Waals surface area contributed by atoms with Gasteiger partial charge in [-0.1, -0.05) is 53.5 Å². The van der Waals surface area contributed by atoms with Gasteiger partial charge < -0.3 is 5.32 Å². The summed E-state index contributed by atoms with van der Waals surface area (Å²) in [5, 5.41) is 5.47. The molecule has 3 saturated heterocycles. The molecule has 0 aliphatic carbocycles. The van der Waals surface area contributed by atoms with Crippen LogP contribution in [0.4, 0.5) is 0 Å². The summed E-state index contributed by atoms with van der Waals surface area (Å²) >= 11 is 12.6. The molecular formula is C20H22Cl2N2. The van der Waals surface area contributed by atoms with Gasteiger partial charge in [0, 0.05) is 22.6 Å². The second kappa shape index (κ2) is 7.05. The first kappa shape index (κ1) is 16.4. The summed E-state index contributed by atoms with van der Waals surface area (Å²) in [5.41, 5.74) is 2.49. The van der Waals surface area contributed by atoms with Crippen molar-refractivity contribution in [3.05, 3.63) is 69.7 Å². The van der Waals surface area contributed by atoms with Gasteiger partial charge in [0.05, 0.1) is 6.04 Å². The minimum absolute atomic E-state index is 0.402. The van der Waals surface area contributed by atoms with Gasteiger partial charge in [0.2, 0.25) is 0 Å². The molecule has 0 amide bonds. The van der Waals surface area contributed by atoms with Crippen LogP contribution in [0.25, 0.3) is 0 Å². The number of nitrogens with zero attached hydrogens (tertiary/aromatic N) is 1. The molecule has 3 heterocycles. The quantitative estimate of drug-likeness (QED) is 0.832. The molecule has 3 aliphatic rings. The van der Waals surface area contributed by atoms with Crippen molar-refractivity contribution < 1.29 is 0 Å². The van der Waals surface area contributed by atoms with Crippen LogP contribution in [0.3, 0.4) is 0 Å². The molecule has 1 N–H and O–H groups in total. The third kappa shape index (κ3) is 3.21. The maximum absolute atomic E-state index is 6.33. The zero-order chi connectivity index (χ0) is 16.5. The Bertz CT molecular complexity index is 710. The molecule has 0 spiro atoms. The van der Waals surface area contributed by atoms with E-state index >= 15 is 0 Å². The SMILES string of the molecule is Clc1cccc(C2C(NCc3ccccc3Cl)C3CCN2CC3)c1. The number of nitrogens with one attached hydrogen (secondary N) is 1. The predicted octanol–water partition coefficient (Wildman–Crippen LogP) is 4.92. The molecule has 2 aromatic rings. The molecule has 3 aliphatic heterocycles. The van der Waals surface area contributed by atoms with Gasteiger partial charge >= 0.3 is 0 Å². The standard InChI is InChI=1S/C20H22Cl2N2/c21-17-6-3-5-15(12-17)20-19(14-8-10-24(20)11-9-14)23-13-16-4-1-2-7-18(16)22/h1-7,12,14,19-20,23H,8-11,13H2. The van der Waals surface area contributed by atoms with Gasteiger partial charge in [0.1, 0.15) is 0 Å². The van der Waals surface area contributed by atoms with Crippen LogP contribution in [0, 0.1) is 5.92 Å². The normalized spacial score (nSPS) is 28.9. The predicted molar refractivity (Wildman–Crippen MR) is 101 cm³/mol. The van der Waals surface area contributed by atoms with Gasteiger partial charge in [-0.05, 0) is 61.2 Å². The lowest BCUT2D eigenvalue weighted by Gasteiger charge is -2.51. The number of hydrogen-bond donors (Lipinski definition) is 1. The van der Waals surface area contributed by atoms with Crippen LogP contribution >= 0.6 is 23.2 Å². The Hall–Kier alpha value is -1.06. The van der Waals surface area contributed by atoms with Crippen molar-refractivity contribution in [2.45, 2.75) is 31.5 Å². The summed E-state index contributed by atoms with van der Waals surface area (Å²) < 4.78 is 0. The zero-order valence-corrected chi connectivity index (χ0v) is 15.1. The van der Waals surface area contributed by atoms with Crippen LogP contribution in [-0.2, 0) is 6.54 Å². The van der Waals surface area contributed by atoms with Gasteiger partial charge in [-0.25, -0.2) is 0 Å². The van der Waals surface area contributed by atoms with Crippen LogP contribution in [0.5, 0.6) is 0 Å². The Labute approximate surface area is 153 Å². The van der Waals surface area contributed by atoms with Gasteiger partial charge in [-0.2, -0.15) is 0 Å². The molecule has 2 atom stereocenters. The van der Waals surface area contributed by atoms with E-state index in [1.165, 1.54) is 37.1 Å². The fraction of sp³-hybridized carbons (Fsp3) is 0.400. The molecule has 0 saturated carbocycles. The van der Waals surface area contributed by atoms with Crippen molar-refractivity contribution in [1.29, 1.82) is 0 Å². The third-order valence-corrected chi connectivity index (χ3v) is 6.10. The third-order valence-electron chi connectivity index (χ3n) is 5.49. The van der Waals surface area contributed by atoms with Crippen molar-refractivity contribution in [1.82, 2.24) is 10.2 Å². The highest BCUT2D eigenvalue weighted by molar-refractivity contribution is 6.31. The molecule has 2 bridgehead atoms. The highest BCUT2D eigenvalue weighted by atomic mass is 35.5. The number of benzene rings is 2. The topological polar surface area (TPSA) is 15.3 Å². The molecular weight excluding hydrogens is 339 g/mol. The smallest absolute Gasteiger partial charge is 0.0504 e. The largest absolute Gasteiger partial charge is 0.308 e. The summed E-state index contributed by atoms with van der Waals surface area (Å²) in [5.74, 6) is 0.724. The maximum atomic E-state index is 6.33. The van der Waals surface area contributed by atoms with Crippen molar-refractivity contribution in [3.63, 3.8) is 0 Å². The molecule has 5 rings (SSSR count). The lowest BCUT2D eigenvalue weighted by atomic mass is 9.76. The van der Waals surface area contributed by atoms with Crippen molar-refractivity contribution in [3.8, 4) is 0 Å². The average Bonchev–Trinajstić information content (AvgIpc) is 2.61. The Morgan fingerprint density at radius 3 is 2.54 bits per heavy atom. The van der Waals surface area contributed by atoms with E-state index in [4.69, 9.17) is 23.2 Å². The van der Waals surface area contributed by atoms with E-state index < -0.39 is 0 Å². The van der Waals surface area contributed by atoms with E-state index in [0.717, 1.165) is 22.5 Å². The van der Waals surface area contributed by atoms with E-state index in [0.29, 0.717) is 12.1 Å². The summed E-state index contributed by atoms with van der Waals surface area (Å²) in [6, 6.07) is 17.3. The maximum Gasteiger partial charge on any atom is 0.0504 e. The number of fused-ring (bicyclic) bond motifs is 3. The zero-order valence-electron chi connectivity index (χ0n) is 13.6. The van der Waals surface area contributed by atoms with Gasteiger partial charge in [0.15, 0.2) is 0 Å². The number of halogens is 2. The first-order valence-electron chi connectivity index (χ1n) is 8.68. The Morgan fingerprint density at radius 1 is 1.00 bits per heavy atom. The first-order valence-corrected chi connectivity index (χ1v) is 9.44. The lowest BCUT2D eigenvalue weighted by molar-refractivity contribution is 0.0112. The number of rotatable bonds is 4. The highest BCUT2D eigenvalue weighted by Crippen LogP contribution is 2.41. The van der Waals surface area contributed by atoms with E-state index in [2.05, 4.69) is 34.5 Å². The van der Waals surface area contributed by atoms with Crippen LogP contribution in [0.2, 0.25) is 10.0 Å². The van der Waals surface area contributed by atoms with E-state index in [1.807, 2.05) is 24.3 Å². The molecule has 24 heavy (non-hydrogen) atoms. The monoisotopic (exact) mass is 360 g/mol.